The Bertz CT molecular complexity index is 1440. The van der Waals surface area contributed by atoms with E-state index in [1.165, 1.54) is 0 Å². The molecule has 0 amide bonds. The van der Waals surface area contributed by atoms with Crippen LogP contribution in [0.1, 0.15) is 49.9 Å². The van der Waals surface area contributed by atoms with Gasteiger partial charge in [-0.25, -0.2) is 9.39 Å². The van der Waals surface area contributed by atoms with Crippen LogP contribution in [0.2, 0.25) is 0 Å². The van der Waals surface area contributed by atoms with E-state index in [9.17, 15) is 4.79 Å². The van der Waals surface area contributed by atoms with E-state index in [0.717, 1.165) is 41.7 Å². The zero-order chi connectivity index (χ0) is 24.4. The summed E-state index contributed by atoms with van der Waals surface area (Å²) in [5.41, 5.74) is 1.44. The monoisotopic (exact) mass is 539 g/mol. The SMILES string of the molecule is CCCCCn1c2c(c(=O)n3c(CCCc4nc(-c5ccc(OC)cc5)no4)nnc13)CC(Br)=N2. The smallest absolute Gasteiger partial charge is 0.266 e. The molecule has 0 spiro atoms. The van der Waals surface area contributed by atoms with Gasteiger partial charge < -0.3 is 9.26 Å². The van der Waals surface area contributed by atoms with Crippen LogP contribution in [0.4, 0.5) is 5.82 Å². The number of aliphatic imine (C=N–C) groups is 1. The minimum Gasteiger partial charge on any atom is -0.497 e. The number of hydrogen-bond donors (Lipinski definition) is 0. The van der Waals surface area contributed by atoms with Gasteiger partial charge in [0.15, 0.2) is 0 Å². The first kappa shape index (κ1) is 23.4. The molecule has 4 heterocycles. The normalized spacial score (nSPS) is 12.8. The molecule has 0 aliphatic carbocycles. The number of unbranched alkanes of at least 4 members (excludes halogenated alkanes) is 2. The minimum absolute atomic E-state index is 0.0977. The molecule has 35 heavy (non-hydrogen) atoms. The lowest BCUT2D eigenvalue weighted by Crippen LogP contribution is -2.23. The fourth-order valence-electron chi connectivity index (χ4n) is 4.26. The van der Waals surface area contributed by atoms with Gasteiger partial charge in [-0.2, -0.15) is 4.98 Å². The molecule has 0 bridgehead atoms. The minimum atomic E-state index is -0.0977. The van der Waals surface area contributed by atoms with Crippen molar-refractivity contribution in [1.82, 2.24) is 29.3 Å². The average Bonchev–Trinajstić information content (AvgIpc) is 3.60. The summed E-state index contributed by atoms with van der Waals surface area (Å²) in [6.45, 7) is 2.91. The number of hydrogen-bond acceptors (Lipinski definition) is 8. The molecule has 1 aromatic carbocycles. The summed E-state index contributed by atoms with van der Waals surface area (Å²) >= 11 is 3.47. The van der Waals surface area contributed by atoms with Crippen molar-refractivity contribution < 1.29 is 9.26 Å². The van der Waals surface area contributed by atoms with Crippen LogP contribution in [0.15, 0.2) is 38.6 Å². The Balaban J connectivity index is 1.33. The van der Waals surface area contributed by atoms with Crippen LogP contribution < -0.4 is 10.3 Å². The lowest BCUT2D eigenvalue weighted by atomic mass is 10.2. The number of benzene rings is 1. The Morgan fingerprint density at radius 1 is 1.11 bits per heavy atom. The number of aryl methyl sites for hydroxylation is 3. The third-order valence-electron chi connectivity index (χ3n) is 6.08. The number of halogens is 1. The van der Waals surface area contributed by atoms with Gasteiger partial charge in [0.2, 0.25) is 17.5 Å². The number of ether oxygens (including phenoxy) is 1. The predicted octanol–water partition coefficient (Wildman–Crippen LogP) is 4.30. The first-order valence-electron chi connectivity index (χ1n) is 11.8. The van der Waals surface area contributed by atoms with Crippen molar-refractivity contribution >= 4 is 32.1 Å². The predicted molar refractivity (Wildman–Crippen MR) is 135 cm³/mol. The summed E-state index contributed by atoms with van der Waals surface area (Å²) in [5, 5.41) is 12.8. The summed E-state index contributed by atoms with van der Waals surface area (Å²) in [5.74, 6) is 3.72. The maximum Gasteiger partial charge on any atom is 0.266 e. The average molecular weight is 540 g/mol. The van der Waals surface area contributed by atoms with Gasteiger partial charge in [0.05, 0.1) is 17.3 Å². The fourth-order valence-corrected chi connectivity index (χ4v) is 4.71. The van der Waals surface area contributed by atoms with Gasteiger partial charge in [-0.05, 0) is 53.0 Å². The van der Waals surface area contributed by atoms with Crippen LogP contribution in [0.3, 0.4) is 0 Å². The highest BCUT2D eigenvalue weighted by Crippen LogP contribution is 2.28. The van der Waals surface area contributed by atoms with Crippen molar-refractivity contribution in [2.75, 3.05) is 7.11 Å². The highest BCUT2D eigenvalue weighted by atomic mass is 79.9. The van der Waals surface area contributed by atoms with E-state index >= 15 is 0 Å². The van der Waals surface area contributed by atoms with Crippen LogP contribution in [-0.2, 0) is 25.8 Å². The fraction of sp³-hybridized carbons (Fsp3) is 0.417. The zero-order valence-corrected chi connectivity index (χ0v) is 21.3. The summed E-state index contributed by atoms with van der Waals surface area (Å²) in [4.78, 5) is 22.4. The standard InChI is InChI=1S/C24H26BrN7O3/c1-3-4-5-13-31-22-17(14-18(25)26-22)23(33)32-19(28-29-24(31)32)7-6-8-20-27-21(30-35-20)15-9-11-16(34-2)12-10-15/h9-12H,3-8,13-14H2,1-2H3. The van der Waals surface area contributed by atoms with Crippen molar-refractivity contribution in [2.45, 2.75) is 58.4 Å². The Labute approximate surface area is 210 Å². The summed E-state index contributed by atoms with van der Waals surface area (Å²) < 4.78 is 15.1. The van der Waals surface area contributed by atoms with Crippen molar-refractivity contribution in [3.8, 4) is 17.1 Å². The highest BCUT2D eigenvalue weighted by molar-refractivity contribution is 9.18. The maximum atomic E-state index is 13.3. The van der Waals surface area contributed by atoms with Gasteiger partial charge >= 0.3 is 0 Å². The summed E-state index contributed by atoms with van der Waals surface area (Å²) in [6.07, 6.45) is 5.52. The first-order chi connectivity index (χ1) is 17.1. The highest BCUT2D eigenvalue weighted by Gasteiger charge is 2.25. The van der Waals surface area contributed by atoms with Gasteiger partial charge in [-0.3, -0.25) is 9.36 Å². The molecule has 1 aliphatic rings. The molecule has 0 saturated carbocycles. The molecular weight excluding hydrogens is 514 g/mol. The molecular formula is C24H26BrN7O3. The molecule has 4 aromatic rings. The van der Waals surface area contributed by atoms with Crippen molar-refractivity contribution in [1.29, 1.82) is 0 Å². The second kappa shape index (κ2) is 10.1. The Hall–Kier alpha value is -3.34. The number of aromatic nitrogens is 6. The van der Waals surface area contributed by atoms with Crippen LogP contribution in [0.25, 0.3) is 17.2 Å². The molecule has 0 atom stereocenters. The number of methoxy groups -OCH3 is 1. The van der Waals surface area contributed by atoms with Crippen LogP contribution in [0.5, 0.6) is 5.75 Å². The van der Waals surface area contributed by atoms with Crippen LogP contribution in [0, 0.1) is 0 Å². The molecule has 11 heteroatoms. The third-order valence-corrected chi connectivity index (χ3v) is 6.54. The molecule has 10 nitrogen and oxygen atoms in total. The molecule has 0 fully saturated rings. The van der Waals surface area contributed by atoms with Crippen molar-refractivity contribution in [2.24, 2.45) is 4.99 Å². The van der Waals surface area contributed by atoms with Crippen molar-refractivity contribution in [3.63, 3.8) is 0 Å². The zero-order valence-electron chi connectivity index (χ0n) is 19.7. The quantitative estimate of drug-likeness (QED) is 0.276. The molecule has 3 aromatic heterocycles. The van der Waals surface area contributed by atoms with Gasteiger partial charge in [-0.1, -0.05) is 24.9 Å². The number of rotatable bonds is 10. The lowest BCUT2D eigenvalue weighted by molar-refractivity contribution is 0.375. The van der Waals surface area contributed by atoms with E-state index in [1.54, 1.807) is 11.5 Å². The molecule has 0 saturated heterocycles. The largest absolute Gasteiger partial charge is 0.497 e. The van der Waals surface area contributed by atoms with Crippen LogP contribution >= 0.6 is 15.9 Å². The third kappa shape index (κ3) is 4.64. The van der Waals surface area contributed by atoms with E-state index in [1.807, 2.05) is 28.8 Å². The van der Waals surface area contributed by atoms with E-state index in [4.69, 9.17) is 9.26 Å². The van der Waals surface area contributed by atoms with E-state index in [0.29, 0.717) is 60.4 Å². The van der Waals surface area contributed by atoms with Gasteiger partial charge in [0.25, 0.3) is 5.56 Å². The molecule has 0 radical (unpaired) electrons. The molecule has 182 valence electrons. The molecule has 1 aliphatic heterocycles. The number of nitrogens with zero attached hydrogens (tertiary/aromatic N) is 7. The van der Waals surface area contributed by atoms with Crippen molar-refractivity contribution in [3.05, 3.63) is 51.9 Å². The summed E-state index contributed by atoms with van der Waals surface area (Å²) in [7, 11) is 1.63. The maximum absolute atomic E-state index is 13.3. The molecule has 0 N–H and O–H groups in total. The Morgan fingerprint density at radius 2 is 1.94 bits per heavy atom. The van der Waals surface area contributed by atoms with Gasteiger partial charge in [-0.15, -0.1) is 10.2 Å². The Kier molecular flexibility index (Phi) is 6.76. The Morgan fingerprint density at radius 3 is 2.71 bits per heavy atom. The van der Waals surface area contributed by atoms with E-state index in [-0.39, 0.29) is 5.56 Å². The topological polar surface area (TPSA) is 113 Å². The van der Waals surface area contributed by atoms with E-state index < -0.39 is 0 Å². The van der Waals surface area contributed by atoms with E-state index in [2.05, 4.69) is 48.2 Å². The molecule has 5 rings (SSSR count). The second-order valence-electron chi connectivity index (χ2n) is 8.48. The summed E-state index contributed by atoms with van der Waals surface area (Å²) in [6, 6.07) is 7.50. The number of fused-ring (bicyclic) bond motifs is 2. The van der Waals surface area contributed by atoms with Crippen LogP contribution in [-0.4, -0.2) is 41.0 Å². The lowest BCUT2D eigenvalue weighted by Gasteiger charge is -2.12. The van der Waals surface area contributed by atoms with Gasteiger partial charge in [0, 0.05) is 31.4 Å². The van der Waals surface area contributed by atoms with Gasteiger partial charge in [0.1, 0.15) is 17.4 Å². The molecule has 0 unspecified atom stereocenters. The first-order valence-corrected chi connectivity index (χ1v) is 12.6. The second-order valence-corrected chi connectivity index (χ2v) is 9.39.